The fourth-order valence-electron chi connectivity index (χ4n) is 3.93. The van der Waals surface area contributed by atoms with E-state index in [2.05, 4.69) is 5.32 Å². The summed E-state index contributed by atoms with van der Waals surface area (Å²) < 4.78 is 43.2. The third-order valence-electron chi connectivity index (χ3n) is 6.30. The topological polar surface area (TPSA) is 86.8 Å². The number of benzene rings is 3. The second-order valence-corrected chi connectivity index (χ2v) is 11.5. The lowest BCUT2D eigenvalue weighted by Crippen LogP contribution is -2.51. The van der Waals surface area contributed by atoms with Gasteiger partial charge >= 0.3 is 0 Å². The molecule has 0 heterocycles. The van der Waals surface area contributed by atoms with Crippen molar-refractivity contribution < 1.29 is 22.4 Å². The lowest BCUT2D eigenvalue weighted by molar-refractivity contribution is -0.139. The molecule has 3 aromatic carbocycles. The highest BCUT2D eigenvalue weighted by molar-refractivity contribution is 7.92. The summed E-state index contributed by atoms with van der Waals surface area (Å²) in [6.07, 6.45) is 1.65. The summed E-state index contributed by atoms with van der Waals surface area (Å²) in [6.45, 7) is 5.04. The van der Waals surface area contributed by atoms with Crippen molar-refractivity contribution in [3.8, 4) is 0 Å². The van der Waals surface area contributed by atoms with E-state index in [0.717, 1.165) is 28.8 Å². The Bertz CT molecular complexity index is 1400. The molecule has 0 spiro atoms. The van der Waals surface area contributed by atoms with Crippen molar-refractivity contribution in [1.29, 1.82) is 0 Å². The number of anilines is 1. The van der Waals surface area contributed by atoms with Crippen molar-refractivity contribution in [2.75, 3.05) is 17.4 Å². The number of carbonyl (C=O) groups excluding carboxylic acids is 2. The molecule has 3 rings (SSSR count). The van der Waals surface area contributed by atoms with Gasteiger partial charge in [-0.1, -0.05) is 73.0 Å². The predicted octanol–water partition coefficient (Wildman–Crippen LogP) is 5.32. The highest BCUT2D eigenvalue weighted by Gasteiger charge is 2.33. The maximum Gasteiger partial charge on any atom is 0.264 e. The van der Waals surface area contributed by atoms with Gasteiger partial charge in [0.2, 0.25) is 11.8 Å². The lowest BCUT2D eigenvalue weighted by atomic mass is 10.1. The van der Waals surface area contributed by atoms with Gasteiger partial charge in [-0.25, -0.2) is 12.8 Å². The van der Waals surface area contributed by atoms with Crippen LogP contribution >= 0.6 is 11.6 Å². The van der Waals surface area contributed by atoms with Crippen LogP contribution in [0.25, 0.3) is 0 Å². The minimum absolute atomic E-state index is 0.0451. The Hall–Kier alpha value is -3.43. The van der Waals surface area contributed by atoms with Gasteiger partial charge in [0.15, 0.2) is 0 Å². The zero-order valence-electron chi connectivity index (χ0n) is 22.2. The molecular weight excluding hydrogens is 541 g/mol. The Labute approximate surface area is 234 Å². The first-order valence-electron chi connectivity index (χ1n) is 12.7. The van der Waals surface area contributed by atoms with Gasteiger partial charge in [0, 0.05) is 18.1 Å². The molecule has 0 aliphatic rings. The van der Waals surface area contributed by atoms with Gasteiger partial charge < -0.3 is 10.2 Å². The third-order valence-corrected chi connectivity index (χ3v) is 8.45. The number of nitrogens with one attached hydrogen (secondary N) is 1. The summed E-state index contributed by atoms with van der Waals surface area (Å²) in [6, 6.07) is 17.4. The van der Waals surface area contributed by atoms with Gasteiger partial charge in [-0.2, -0.15) is 0 Å². The van der Waals surface area contributed by atoms with Crippen LogP contribution in [0, 0.1) is 12.7 Å². The average molecular weight is 574 g/mol. The van der Waals surface area contributed by atoms with Crippen LogP contribution in [0.1, 0.15) is 37.8 Å². The number of hydrogen-bond donors (Lipinski definition) is 1. The Morgan fingerprint density at radius 3 is 2.28 bits per heavy atom. The van der Waals surface area contributed by atoms with E-state index in [9.17, 15) is 22.4 Å². The smallest absolute Gasteiger partial charge is 0.264 e. The second kappa shape index (κ2) is 13.6. The zero-order valence-corrected chi connectivity index (χ0v) is 23.8. The quantitative estimate of drug-likeness (QED) is 0.297. The maximum atomic E-state index is 14.9. The minimum Gasteiger partial charge on any atom is -0.354 e. The molecular formula is C29H33ClFN3O4S. The molecule has 7 nitrogen and oxygen atoms in total. The summed E-state index contributed by atoms with van der Waals surface area (Å²) in [4.78, 5) is 28.0. The van der Waals surface area contributed by atoms with Crippen LogP contribution in [-0.2, 0) is 26.2 Å². The van der Waals surface area contributed by atoms with E-state index in [1.54, 1.807) is 43.3 Å². The zero-order chi connectivity index (χ0) is 28.6. The van der Waals surface area contributed by atoms with E-state index in [1.807, 2.05) is 13.8 Å². The van der Waals surface area contributed by atoms with Crippen molar-refractivity contribution in [2.45, 2.75) is 51.1 Å². The molecule has 0 aromatic heterocycles. The predicted molar refractivity (Wildman–Crippen MR) is 151 cm³/mol. The van der Waals surface area contributed by atoms with Crippen LogP contribution in [0.4, 0.5) is 10.1 Å². The third kappa shape index (κ3) is 7.58. The molecule has 0 aliphatic carbocycles. The largest absolute Gasteiger partial charge is 0.354 e. The number of halogens is 2. The molecule has 39 heavy (non-hydrogen) atoms. The van der Waals surface area contributed by atoms with Crippen molar-refractivity contribution in [1.82, 2.24) is 10.2 Å². The molecule has 1 atom stereocenters. The van der Waals surface area contributed by atoms with Gasteiger partial charge in [-0.05, 0) is 56.2 Å². The number of aryl methyl sites for hydroxylation is 1. The second-order valence-electron chi connectivity index (χ2n) is 9.21. The standard InChI is InChI=1S/C29H33ClFN3O4S/c1-4-5-18-32-29(36)22(3)33(19-23-10-6-7-11-25(23)30)28(35)20-34(27-13-9-8-12-26(27)31)39(37,38)24-16-14-21(2)15-17-24/h6-17,22H,4-5,18-20H2,1-3H3,(H,32,36). The summed E-state index contributed by atoms with van der Waals surface area (Å²) in [5.41, 5.74) is 1.15. The lowest BCUT2D eigenvalue weighted by Gasteiger charge is -2.32. The first-order valence-corrected chi connectivity index (χ1v) is 14.5. The first-order chi connectivity index (χ1) is 18.6. The van der Waals surface area contributed by atoms with E-state index in [1.165, 1.54) is 35.2 Å². The van der Waals surface area contributed by atoms with E-state index in [4.69, 9.17) is 11.6 Å². The molecule has 0 aliphatic heterocycles. The first kappa shape index (κ1) is 30.1. The molecule has 208 valence electrons. The molecule has 1 N–H and O–H groups in total. The van der Waals surface area contributed by atoms with Gasteiger partial charge in [0.1, 0.15) is 18.4 Å². The Balaban J connectivity index is 2.02. The minimum atomic E-state index is -4.35. The summed E-state index contributed by atoms with van der Waals surface area (Å²) >= 11 is 6.35. The fraction of sp³-hybridized carbons (Fsp3) is 0.310. The van der Waals surface area contributed by atoms with Crippen LogP contribution in [0.2, 0.25) is 5.02 Å². The molecule has 0 saturated carbocycles. The number of hydrogen-bond acceptors (Lipinski definition) is 4. The van der Waals surface area contributed by atoms with Gasteiger partial charge in [0.25, 0.3) is 10.0 Å². The van der Waals surface area contributed by atoms with E-state index >= 15 is 0 Å². The number of amides is 2. The van der Waals surface area contributed by atoms with Gasteiger partial charge in [-0.3, -0.25) is 13.9 Å². The summed E-state index contributed by atoms with van der Waals surface area (Å²) in [5.74, 6) is -1.88. The normalized spacial score (nSPS) is 12.0. The number of unbranched alkanes of at least 4 members (excludes halogenated alkanes) is 1. The highest BCUT2D eigenvalue weighted by Crippen LogP contribution is 2.27. The van der Waals surface area contributed by atoms with E-state index < -0.39 is 34.3 Å². The number of para-hydroxylation sites is 1. The van der Waals surface area contributed by atoms with Crippen LogP contribution in [-0.4, -0.2) is 44.3 Å². The molecule has 2 amide bonds. The van der Waals surface area contributed by atoms with Gasteiger partial charge in [0.05, 0.1) is 10.6 Å². The summed E-state index contributed by atoms with van der Waals surface area (Å²) in [5, 5.41) is 3.21. The number of sulfonamides is 1. The van der Waals surface area contributed by atoms with E-state index in [-0.39, 0.29) is 23.0 Å². The molecule has 0 fully saturated rings. The SMILES string of the molecule is CCCCNC(=O)C(C)N(Cc1ccccc1Cl)C(=O)CN(c1ccccc1F)S(=O)(=O)c1ccc(C)cc1. The van der Waals surface area contributed by atoms with Crippen molar-refractivity contribution in [3.63, 3.8) is 0 Å². The van der Waals surface area contributed by atoms with Gasteiger partial charge in [-0.15, -0.1) is 0 Å². The number of nitrogens with zero attached hydrogens (tertiary/aromatic N) is 2. The number of carbonyl (C=O) groups is 2. The fourth-order valence-corrected chi connectivity index (χ4v) is 5.55. The van der Waals surface area contributed by atoms with Crippen LogP contribution in [0.5, 0.6) is 0 Å². The Morgan fingerprint density at radius 1 is 1.00 bits per heavy atom. The Morgan fingerprint density at radius 2 is 1.64 bits per heavy atom. The summed E-state index contributed by atoms with van der Waals surface area (Å²) in [7, 11) is -4.35. The van der Waals surface area contributed by atoms with Crippen LogP contribution in [0.3, 0.4) is 0 Å². The van der Waals surface area contributed by atoms with Crippen molar-refractivity contribution in [2.24, 2.45) is 0 Å². The van der Waals surface area contributed by atoms with Crippen molar-refractivity contribution >= 4 is 39.1 Å². The highest BCUT2D eigenvalue weighted by atomic mass is 35.5. The molecule has 10 heteroatoms. The number of rotatable bonds is 12. The molecule has 0 saturated heterocycles. The van der Waals surface area contributed by atoms with Crippen molar-refractivity contribution in [3.05, 3.63) is 94.8 Å². The van der Waals surface area contributed by atoms with E-state index in [0.29, 0.717) is 17.1 Å². The van der Waals surface area contributed by atoms with Crippen LogP contribution in [0.15, 0.2) is 77.7 Å². The average Bonchev–Trinajstić information content (AvgIpc) is 2.91. The van der Waals surface area contributed by atoms with Crippen LogP contribution < -0.4 is 9.62 Å². The maximum absolute atomic E-state index is 14.9. The molecule has 3 aromatic rings. The molecule has 0 radical (unpaired) electrons. The monoisotopic (exact) mass is 573 g/mol. The molecule has 0 bridgehead atoms. The Kier molecular flexibility index (Phi) is 10.5. The molecule has 1 unspecified atom stereocenters.